The summed E-state index contributed by atoms with van der Waals surface area (Å²) in [5, 5.41) is 14.5. The number of alkyl halides is 3. The number of fused-ring (bicyclic) bond motifs is 1. The van der Waals surface area contributed by atoms with Crippen LogP contribution in [0.4, 0.5) is 24.7 Å². The van der Waals surface area contributed by atoms with E-state index in [2.05, 4.69) is 26.0 Å². The van der Waals surface area contributed by atoms with E-state index in [-0.39, 0.29) is 18.8 Å². The Hall–Kier alpha value is -4.21. The highest BCUT2D eigenvalue weighted by molar-refractivity contribution is 5.58. The molecule has 1 saturated heterocycles. The first-order valence-electron chi connectivity index (χ1n) is 12.9. The largest absolute Gasteiger partial charge is 0.423 e. The lowest BCUT2D eigenvalue weighted by Gasteiger charge is -2.34. The molecule has 208 valence electrons. The van der Waals surface area contributed by atoms with Gasteiger partial charge in [-0.2, -0.15) is 23.5 Å². The number of aromatic amines is 1. The van der Waals surface area contributed by atoms with E-state index in [0.717, 1.165) is 55.9 Å². The van der Waals surface area contributed by atoms with Crippen LogP contribution >= 0.6 is 0 Å². The third kappa shape index (κ3) is 6.00. The molecule has 0 radical (unpaired) electrons. The Bertz CT molecular complexity index is 1440. The summed E-state index contributed by atoms with van der Waals surface area (Å²) in [5.74, 6) is 0.864. The van der Waals surface area contributed by atoms with Crippen LogP contribution in [0.2, 0.25) is 0 Å². The number of aromatic nitrogens is 3. The van der Waals surface area contributed by atoms with Crippen molar-refractivity contribution in [2.24, 2.45) is 0 Å². The number of piperazine rings is 1. The molecule has 2 aliphatic rings. The van der Waals surface area contributed by atoms with Crippen LogP contribution in [0.1, 0.15) is 28.3 Å². The molecule has 1 aromatic carbocycles. The van der Waals surface area contributed by atoms with Crippen molar-refractivity contribution in [3.05, 3.63) is 93.6 Å². The Balaban J connectivity index is 1.15. The van der Waals surface area contributed by atoms with Crippen LogP contribution in [0, 0.1) is 11.3 Å². The molecule has 2 aromatic heterocycles. The maximum absolute atomic E-state index is 13.8. The fraction of sp³-hybridized carbons (Fsp3) is 0.357. The second-order valence-corrected chi connectivity index (χ2v) is 9.61. The molecule has 2 aliphatic heterocycles. The van der Waals surface area contributed by atoms with Gasteiger partial charge in [0, 0.05) is 45.5 Å². The van der Waals surface area contributed by atoms with Crippen molar-refractivity contribution in [2.75, 3.05) is 55.7 Å². The predicted octanol–water partition coefficient (Wildman–Crippen LogP) is 3.51. The average molecular weight is 552 g/mol. The van der Waals surface area contributed by atoms with E-state index in [1.165, 1.54) is 0 Å². The van der Waals surface area contributed by atoms with Crippen LogP contribution in [0.15, 0.2) is 65.7 Å². The second kappa shape index (κ2) is 11.9. The molecule has 4 heterocycles. The standard InChI is InChI=1S/C28H28F3N7O2/c29-28(30,31)26-23(17-34-35-27(26)39)38-18-21-5-1-2-6-22(21)24(38)19-40-14-4-3-9-36-10-12-37(13-11-36)25-8-7-20(15-32)16-33-25/h1-8,16-17,24H,9-14,18-19H2,(H,35,39)/b4-3+/t24-/m1/s1. The summed E-state index contributed by atoms with van der Waals surface area (Å²) < 4.78 is 47.2. The zero-order valence-corrected chi connectivity index (χ0v) is 21.6. The lowest BCUT2D eigenvalue weighted by molar-refractivity contribution is -0.138. The Morgan fingerprint density at radius 1 is 1.10 bits per heavy atom. The molecule has 0 bridgehead atoms. The van der Waals surface area contributed by atoms with Crippen molar-refractivity contribution in [3.8, 4) is 6.07 Å². The number of H-pyrrole nitrogens is 1. The lowest BCUT2D eigenvalue weighted by atomic mass is 10.1. The van der Waals surface area contributed by atoms with Crippen molar-refractivity contribution >= 4 is 11.5 Å². The van der Waals surface area contributed by atoms with Gasteiger partial charge >= 0.3 is 6.18 Å². The number of anilines is 2. The first-order valence-corrected chi connectivity index (χ1v) is 12.9. The van der Waals surface area contributed by atoms with E-state index in [4.69, 9.17) is 10.00 Å². The molecule has 5 rings (SSSR count). The number of hydrogen-bond donors (Lipinski definition) is 1. The smallest absolute Gasteiger partial charge is 0.375 e. The number of nitriles is 1. The highest BCUT2D eigenvalue weighted by Gasteiger charge is 2.41. The van der Waals surface area contributed by atoms with Gasteiger partial charge in [-0.1, -0.05) is 36.4 Å². The van der Waals surface area contributed by atoms with Crippen LogP contribution in [-0.4, -0.2) is 66.0 Å². The van der Waals surface area contributed by atoms with Gasteiger partial charge in [0.2, 0.25) is 0 Å². The Morgan fingerprint density at radius 3 is 2.62 bits per heavy atom. The Kier molecular flexibility index (Phi) is 8.14. The molecule has 1 atom stereocenters. The van der Waals surface area contributed by atoms with E-state index in [1.807, 2.05) is 47.6 Å². The van der Waals surface area contributed by atoms with Crippen LogP contribution < -0.4 is 15.4 Å². The van der Waals surface area contributed by atoms with Crippen LogP contribution in [0.5, 0.6) is 0 Å². The Labute approximate surface area is 229 Å². The van der Waals surface area contributed by atoms with Crippen molar-refractivity contribution in [1.29, 1.82) is 5.26 Å². The van der Waals surface area contributed by atoms with Gasteiger partial charge in [0.05, 0.1) is 36.7 Å². The number of pyridine rings is 1. The summed E-state index contributed by atoms with van der Waals surface area (Å²) in [6, 6.07) is 12.6. The lowest BCUT2D eigenvalue weighted by Crippen LogP contribution is -2.46. The maximum Gasteiger partial charge on any atom is 0.423 e. The van der Waals surface area contributed by atoms with E-state index in [9.17, 15) is 18.0 Å². The third-order valence-corrected chi connectivity index (χ3v) is 7.15. The summed E-state index contributed by atoms with van der Waals surface area (Å²) >= 11 is 0. The highest BCUT2D eigenvalue weighted by atomic mass is 19.4. The number of hydrogen-bond acceptors (Lipinski definition) is 8. The van der Waals surface area contributed by atoms with Gasteiger partial charge in [-0.25, -0.2) is 10.1 Å². The van der Waals surface area contributed by atoms with Gasteiger partial charge in [-0.15, -0.1) is 0 Å². The van der Waals surface area contributed by atoms with Crippen LogP contribution in [0.3, 0.4) is 0 Å². The topological polar surface area (TPSA) is 101 Å². The normalized spacial score (nSPS) is 17.8. The van der Waals surface area contributed by atoms with Gasteiger partial charge < -0.3 is 14.5 Å². The van der Waals surface area contributed by atoms with Gasteiger partial charge in [-0.3, -0.25) is 9.69 Å². The third-order valence-electron chi connectivity index (χ3n) is 7.15. The van der Waals surface area contributed by atoms with Gasteiger partial charge in [0.15, 0.2) is 0 Å². The van der Waals surface area contributed by atoms with Gasteiger partial charge in [0.1, 0.15) is 17.5 Å². The monoisotopic (exact) mass is 551 g/mol. The van der Waals surface area contributed by atoms with Crippen LogP contribution in [-0.2, 0) is 17.5 Å². The molecule has 0 spiro atoms. The zero-order valence-electron chi connectivity index (χ0n) is 21.6. The number of nitrogens with one attached hydrogen (secondary N) is 1. The fourth-order valence-electron chi connectivity index (χ4n) is 5.12. The first-order chi connectivity index (χ1) is 19.3. The van der Waals surface area contributed by atoms with Gasteiger partial charge in [-0.05, 0) is 23.3 Å². The van der Waals surface area contributed by atoms with E-state index < -0.39 is 23.3 Å². The molecule has 0 saturated carbocycles. The van der Waals surface area contributed by atoms with E-state index >= 15 is 0 Å². The predicted molar refractivity (Wildman–Crippen MR) is 143 cm³/mol. The van der Waals surface area contributed by atoms with Crippen molar-refractivity contribution in [2.45, 2.75) is 18.8 Å². The molecular formula is C28H28F3N7O2. The van der Waals surface area contributed by atoms with Gasteiger partial charge in [0.25, 0.3) is 5.56 Å². The summed E-state index contributed by atoms with van der Waals surface area (Å²) in [6.45, 7) is 4.83. The SMILES string of the molecule is N#Cc1ccc(N2CCN(C/C=C/COC[C@@H]3c4ccccc4CN3c3cn[nH]c(=O)c3C(F)(F)F)CC2)nc1. The molecule has 0 aliphatic carbocycles. The summed E-state index contributed by atoms with van der Waals surface area (Å²) in [7, 11) is 0. The minimum Gasteiger partial charge on any atom is -0.375 e. The minimum atomic E-state index is -4.82. The molecule has 1 N–H and O–H groups in total. The summed E-state index contributed by atoms with van der Waals surface area (Å²) in [6.07, 6.45) is 1.76. The number of benzene rings is 1. The fourth-order valence-corrected chi connectivity index (χ4v) is 5.12. The van der Waals surface area contributed by atoms with Crippen LogP contribution in [0.25, 0.3) is 0 Å². The average Bonchev–Trinajstić information content (AvgIpc) is 3.33. The van der Waals surface area contributed by atoms with Crippen molar-refractivity contribution < 1.29 is 17.9 Å². The molecule has 12 heteroatoms. The number of rotatable bonds is 8. The highest BCUT2D eigenvalue weighted by Crippen LogP contribution is 2.42. The quantitative estimate of drug-likeness (QED) is 0.335. The van der Waals surface area contributed by atoms with E-state index in [0.29, 0.717) is 12.2 Å². The first kappa shape index (κ1) is 27.4. The number of nitrogens with zero attached hydrogens (tertiary/aromatic N) is 6. The zero-order chi connectivity index (χ0) is 28.1. The Morgan fingerprint density at radius 2 is 1.90 bits per heavy atom. The summed E-state index contributed by atoms with van der Waals surface area (Å²) in [5.41, 5.74) is -0.484. The molecule has 0 unspecified atom stereocenters. The second-order valence-electron chi connectivity index (χ2n) is 9.61. The molecule has 9 nitrogen and oxygen atoms in total. The molecule has 0 amide bonds. The maximum atomic E-state index is 13.8. The van der Waals surface area contributed by atoms with E-state index in [1.54, 1.807) is 17.2 Å². The minimum absolute atomic E-state index is 0.154. The van der Waals surface area contributed by atoms with Crippen molar-refractivity contribution in [3.63, 3.8) is 0 Å². The number of ether oxygens (including phenoxy) is 1. The van der Waals surface area contributed by atoms with Crippen molar-refractivity contribution in [1.82, 2.24) is 20.1 Å². The molecule has 1 fully saturated rings. The molecule has 40 heavy (non-hydrogen) atoms. The summed E-state index contributed by atoms with van der Waals surface area (Å²) in [4.78, 5) is 22.5. The molecular weight excluding hydrogens is 523 g/mol. The molecule has 3 aromatic rings. The number of halogens is 3.